The second-order valence-corrected chi connectivity index (χ2v) is 6.49. The Morgan fingerprint density at radius 3 is 2.75 bits per heavy atom. The second kappa shape index (κ2) is 5.76. The maximum Gasteiger partial charge on any atom is 0.315 e. The van der Waals surface area contributed by atoms with Gasteiger partial charge in [0.2, 0.25) is 0 Å². The standard InChI is InChI=1S/C13H22O2S/c1-10(2)11-5-7-13(3,8-6-11)16-9-12(14)15-4/h5,7,10-11H,6,8-9H2,1-4H3. The SMILES string of the molecule is COC(=O)CSC1(C)C=CC(C(C)C)CC1. The highest BCUT2D eigenvalue weighted by atomic mass is 32.2. The summed E-state index contributed by atoms with van der Waals surface area (Å²) in [6.07, 6.45) is 6.96. The van der Waals surface area contributed by atoms with Crippen molar-refractivity contribution in [2.24, 2.45) is 11.8 Å². The molecule has 0 bridgehead atoms. The zero-order valence-electron chi connectivity index (χ0n) is 10.7. The summed E-state index contributed by atoms with van der Waals surface area (Å²) in [6, 6.07) is 0. The molecule has 0 saturated heterocycles. The fourth-order valence-electron chi connectivity index (χ4n) is 1.92. The Morgan fingerprint density at radius 2 is 2.31 bits per heavy atom. The molecule has 0 radical (unpaired) electrons. The Labute approximate surface area is 103 Å². The minimum absolute atomic E-state index is 0.111. The van der Waals surface area contributed by atoms with Crippen molar-refractivity contribution in [1.82, 2.24) is 0 Å². The highest BCUT2D eigenvalue weighted by Gasteiger charge is 2.28. The largest absolute Gasteiger partial charge is 0.468 e. The van der Waals surface area contributed by atoms with Gasteiger partial charge in [-0.25, -0.2) is 0 Å². The molecule has 2 nitrogen and oxygen atoms in total. The molecule has 0 aromatic carbocycles. The Balaban J connectivity index is 2.48. The number of allylic oxidation sites excluding steroid dienone is 1. The van der Waals surface area contributed by atoms with E-state index in [1.807, 2.05) is 0 Å². The fourth-order valence-corrected chi connectivity index (χ4v) is 2.92. The molecule has 92 valence electrons. The zero-order chi connectivity index (χ0) is 12.2. The molecule has 0 saturated carbocycles. The van der Waals surface area contributed by atoms with Gasteiger partial charge in [-0.1, -0.05) is 26.0 Å². The summed E-state index contributed by atoms with van der Waals surface area (Å²) < 4.78 is 4.77. The maximum atomic E-state index is 11.1. The van der Waals surface area contributed by atoms with E-state index in [1.54, 1.807) is 11.8 Å². The maximum absolute atomic E-state index is 11.1. The Hall–Kier alpha value is -0.440. The first-order chi connectivity index (χ1) is 7.47. The van der Waals surface area contributed by atoms with Gasteiger partial charge < -0.3 is 4.74 Å². The Bertz CT molecular complexity index is 273. The Kier molecular flexibility index (Phi) is 4.90. The van der Waals surface area contributed by atoms with Crippen LogP contribution in [0, 0.1) is 11.8 Å². The van der Waals surface area contributed by atoms with Crippen LogP contribution in [-0.4, -0.2) is 23.6 Å². The minimum atomic E-state index is -0.134. The van der Waals surface area contributed by atoms with Gasteiger partial charge in [0.15, 0.2) is 0 Å². The Morgan fingerprint density at radius 1 is 1.62 bits per heavy atom. The van der Waals surface area contributed by atoms with Gasteiger partial charge in [0.05, 0.1) is 12.9 Å². The van der Waals surface area contributed by atoms with Crippen LogP contribution >= 0.6 is 11.8 Å². The molecule has 0 spiro atoms. The van der Waals surface area contributed by atoms with Crippen molar-refractivity contribution in [3.05, 3.63) is 12.2 Å². The minimum Gasteiger partial charge on any atom is -0.468 e. The lowest BCUT2D eigenvalue weighted by Gasteiger charge is -2.32. The lowest BCUT2D eigenvalue weighted by atomic mass is 9.83. The van der Waals surface area contributed by atoms with E-state index in [4.69, 9.17) is 0 Å². The van der Waals surface area contributed by atoms with Crippen LogP contribution in [0.4, 0.5) is 0 Å². The summed E-state index contributed by atoms with van der Waals surface area (Å²) >= 11 is 1.68. The third kappa shape index (κ3) is 3.85. The summed E-state index contributed by atoms with van der Waals surface area (Å²) in [5, 5.41) is 0. The smallest absolute Gasteiger partial charge is 0.315 e. The summed E-state index contributed by atoms with van der Waals surface area (Å²) in [4.78, 5) is 11.1. The van der Waals surface area contributed by atoms with Gasteiger partial charge in [-0.3, -0.25) is 4.79 Å². The van der Waals surface area contributed by atoms with Crippen molar-refractivity contribution >= 4 is 17.7 Å². The average Bonchev–Trinajstić information content (AvgIpc) is 2.26. The molecule has 0 amide bonds. The molecule has 0 aliphatic heterocycles. The fraction of sp³-hybridized carbons (Fsp3) is 0.769. The van der Waals surface area contributed by atoms with Crippen molar-refractivity contribution in [3.63, 3.8) is 0 Å². The highest BCUT2D eigenvalue weighted by Crippen LogP contribution is 2.38. The lowest BCUT2D eigenvalue weighted by Crippen LogP contribution is -2.26. The van der Waals surface area contributed by atoms with Crippen molar-refractivity contribution in [1.29, 1.82) is 0 Å². The molecule has 0 heterocycles. The van der Waals surface area contributed by atoms with Gasteiger partial charge in [-0.15, -0.1) is 11.8 Å². The van der Waals surface area contributed by atoms with Gasteiger partial charge in [-0.05, 0) is 31.6 Å². The predicted molar refractivity (Wildman–Crippen MR) is 69.6 cm³/mol. The summed E-state index contributed by atoms with van der Waals surface area (Å²) in [7, 11) is 1.44. The van der Waals surface area contributed by atoms with Crippen LogP contribution in [0.2, 0.25) is 0 Å². The normalized spacial score (nSPS) is 29.4. The van der Waals surface area contributed by atoms with E-state index in [2.05, 4.69) is 37.7 Å². The number of ether oxygens (including phenoxy) is 1. The van der Waals surface area contributed by atoms with Crippen molar-refractivity contribution < 1.29 is 9.53 Å². The van der Waals surface area contributed by atoms with Crippen LogP contribution in [0.5, 0.6) is 0 Å². The van der Waals surface area contributed by atoms with E-state index >= 15 is 0 Å². The van der Waals surface area contributed by atoms with E-state index < -0.39 is 0 Å². The number of esters is 1. The first kappa shape index (κ1) is 13.6. The van der Waals surface area contributed by atoms with Gasteiger partial charge in [0, 0.05) is 4.75 Å². The molecule has 0 N–H and O–H groups in total. The third-order valence-electron chi connectivity index (χ3n) is 3.27. The van der Waals surface area contributed by atoms with E-state index in [0.717, 1.165) is 6.42 Å². The van der Waals surface area contributed by atoms with Gasteiger partial charge in [0.1, 0.15) is 0 Å². The van der Waals surface area contributed by atoms with Crippen molar-refractivity contribution in [2.45, 2.75) is 38.4 Å². The second-order valence-electron chi connectivity index (χ2n) is 4.98. The lowest BCUT2D eigenvalue weighted by molar-refractivity contribution is -0.137. The van der Waals surface area contributed by atoms with E-state index in [1.165, 1.54) is 13.5 Å². The number of thioether (sulfide) groups is 1. The molecular formula is C13H22O2S. The molecule has 3 heteroatoms. The number of rotatable bonds is 4. The van der Waals surface area contributed by atoms with Crippen LogP contribution in [0.15, 0.2) is 12.2 Å². The zero-order valence-corrected chi connectivity index (χ0v) is 11.5. The van der Waals surface area contributed by atoms with Crippen molar-refractivity contribution in [3.8, 4) is 0 Å². The summed E-state index contributed by atoms with van der Waals surface area (Å²) in [5.41, 5.74) is 0. The number of hydrogen-bond acceptors (Lipinski definition) is 3. The molecular weight excluding hydrogens is 220 g/mol. The first-order valence-corrected chi connectivity index (χ1v) is 6.85. The predicted octanol–water partition coefficient (Wildman–Crippen LogP) is 3.27. The number of carbonyl (C=O) groups is 1. The number of methoxy groups -OCH3 is 1. The number of hydrogen-bond donors (Lipinski definition) is 0. The van der Waals surface area contributed by atoms with Crippen LogP contribution in [-0.2, 0) is 9.53 Å². The highest BCUT2D eigenvalue weighted by molar-refractivity contribution is 8.01. The van der Waals surface area contributed by atoms with Crippen LogP contribution in [0.1, 0.15) is 33.6 Å². The average molecular weight is 242 g/mol. The van der Waals surface area contributed by atoms with Gasteiger partial charge in [-0.2, -0.15) is 0 Å². The van der Waals surface area contributed by atoms with Gasteiger partial charge >= 0.3 is 5.97 Å². The third-order valence-corrected chi connectivity index (χ3v) is 4.65. The molecule has 0 aromatic rings. The quantitative estimate of drug-likeness (QED) is 0.559. The topological polar surface area (TPSA) is 26.3 Å². The van der Waals surface area contributed by atoms with E-state index in [0.29, 0.717) is 17.6 Å². The molecule has 1 rings (SSSR count). The molecule has 1 aliphatic rings. The van der Waals surface area contributed by atoms with Crippen LogP contribution in [0.25, 0.3) is 0 Å². The molecule has 0 fully saturated rings. The molecule has 2 unspecified atom stereocenters. The number of carbonyl (C=O) groups excluding carboxylic acids is 1. The molecule has 2 atom stereocenters. The summed E-state index contributed by atoms with van der Waals surface area (Å²) in [5.74, 6) is 1.73. The van der Waals surface area contributed by atoms with E-state index in [9.17, 15) is 4.79 Å². The van der Waals surface area contributed by atoms with Crippen LogP contribution in [0.3, 0.4) is 0 Å². The molecule has 0 aromatic heterocycles. The molecule has 16 heavy (non-hydrogen) atoms. The first-order valence-electron chi connectivity index (χ1n) is 5.87. The van der Waals surface area contributed by atoms with E-state index in [-0.39, 0.29) is 10.7 Å². The van der Waals surface area contributed by atoms with Crippen LogP contribution < -0.4 is 0 Å². The monoisotopic (exact) mass is 242 g/mol. The molecule has 1 aliphatic carbocycles. The van der Waals surface area contributed by atoms with Crippen molar-refractivity contribution in [2.75, 3.05) is 12.9 Å². The van der Waals surface area contributed by atoms with Gasteiger partial charge in [0.25, 0.3) is 0 Å². The summed E-state index contributed by atoms with van der Waals surface area (Å²) in [6.45, 7) is 6.73.